The van der Waals surface area contributed by atoms with Gasteiger partial charge < -0.3 is 5.32 Å². The first-order valence-corrected chi connectivity index (χ1v) is 7.09. The van der Waals surface area contributed by atoms with Gasteiger partial charge in [-0.1, -0.05) is 12.1 Å². The fourth-order valence-electron chi connectivity index (χ4n) is 2.82. The molecule has 1 N–H and O–H groups in total. The highest BCUT2D eigenvalue weighted by atomic mass is 19.4. The summed E-state index contributed by atoms with van der Waals surface area (Å²) >= 11 is 0. The molecule has 0 spiro atoms. The number of alkyl halides is 3. The highest BCUT2D eigenvalue weighted by Crippen LogP contribution is 2.39. The zero-order chi connectivity index (χ0) is 15.7. The number of piperidine rings is 1. The molecule has 1 aliphatic heterocycles. The number of hydrogen-bond donors (Lipinski definition) is 1. The molecule has 1 fully saturated rings. The Balaban J connectivity index is 2.15. The lowest BCUT2D eigenvalue weighted by atomic mass is 10.0. The van der Waals surface area contributed by atoms with E-state index in [0.717, 1.165) is 12.3 Å². The third-order valence-corrected chi connectivity index (χ3v) is 3.88. The topological polar surface area (TPSA) is 29.9 Å². The third kappa shape index (κ3) is 2.72. The molecule has 118 valence electrons. The van der Waals surface area contributed by atoms with Gasteiger partial charge in [-0.3, -0.25) is 4.68 Å². The van der Waals surface area contributed by atoms with Crippen molar-refractivity contribution >= 4 is 0 Å². The lowest BCUT2D eigenvalue weighted by Crippen LogP contribution is -2.30. The number of hydrogen-bond acceptors (Lipinski definition) is 2. The minimum atomic E-state index is -4.57. The molecule has 3 nitrogen and oxygen atoms in total. The molecular formula is C15H15F4N3. The first kappa shape index (κ1) is 15.0. The van der Waals surface area contributed by atoms with Crippen molar-refractivity contribution in [3.05, 3.63) is 41.8 Å². The van der Waals surface area contributed by atoms with E-state index in [1.165, 1.54) is 22.9 Å². The summed E-state index contributed by atoms with van der Waals surface area (Å²) < 4.78 is 55.2. The Morgan fingerprint density at radius 2 is 1.82 bits per heavy atom. The van der Waals surface area contributed by atoms with Crippen LogP contribution in [0.2, 0.25) is 0 Å². The summed E-state index contributed by atoms with van der Waals surface area (Å²) in [6.07, 6.45) is -2.44. The van der Waals surface area contributed by atoms with Gasteiger partial charge in [0.15, 0.2) is 0 Å². The molecule has 3 rings (SSSR count). The second-order valence-electron chi connectivity index (χ2n) is 5.31. The minimum Gasteiger partial charge on any atom is -0.317 e. The Bertz CT molecular complexity index is 657. The van der Waals surface area contributed by atoms with Crippen LogP contribution < -0.4 is 5.32 Å². The summed E-state index contributed by atoms with van der Waals surface area (Å²) in [5.74, 6) is -0.677. The van der Waals surface area contributed by atoms with Crippen LogP contribution in [-0.2, 0) is 6.18 Å². The van der Waals surface area contributed by atoms with Crippen LogP contribution in [0.15, 0.2) is 30.5 Å². The van der Waals surface area contributed by atoms with E-state index in [1.54, 1.807) is 0 Å². The zero-order valence-electron chi connectivity index (χ0n) is 11.7. The van der Waals surface area contributed by atoms with E-state index < -0.39 is 17.6 Å². The summed E-state index contributed by atoms with van der Waals surface area (Å²) in [6.45, 7) is 1.42. The van der Waals surface area contributed by atoms with Crippen molar-refractivity contribution in [3.8, 4) is 11.3 Å². The highest BCUT2D eigenvalue weighted by Gasteiger charge is 2.38. The van der Waals surface area contributed by atoms with Crippen LogP contribution >= 0.6 is 0 Å². The maximum absolute atomic E-state index is 14.0. The van der Waals surface area contributed by atoms with Crippen molar-refractivity contribution in [2.75, 3.05) is 13.1 Å². The van der Waals surface area contributed by atoms with Crippen molar-refractivity contribution in [1.29, 1.82) is 0 Å². The first-order chi connectivity index (χ1) is 10.5. The molecule has 1 aliphatic rings. The predicted octanol–water partition coefficient (Wildman–Crippen LogP) is 3.63. The number of nitrogens with zero attached hydrogens (tertiary/aromatic N) is 2. The molecule has 0 radical (unpaired) electrons. The average Bonchev–Trinajstić information content (AvgIpc) is 2.93. The molecular weight excluding hydrogens is 298 g/mol. The molecule has 0 unspecified atom stereocenters. The molecule has 0 atom stereocenters. The lowest BCUT2D eigenvalue weighted by molar-refractivity contribution is -0.137. The van der Waals surface area contributed by atoms with Gasteiger partial charge in [-0.2, -0.15) is 18.3 Å². The van der Waals surface area contributed by atoms with Crippen LogP contribution in [-0.4, -0.2) is 22.9 Å². The van der Waals surface area contributed by atoms with E-state index in [0.29, 0.717) is 25.9 Å². The summed E-state index contributed by atoms with van der Waals surface area (Å²) in [7, 11) is 0. The number of rotatable bonds is 2. The van der Waals surface area contributed by atoms with Crippen LogP contribution in [0.1, 0.15) is 24.4 Å². The van der Waals surface area contributed by atoms with Crippen LogP contribution in [0.5, 0.6) is 0 Å². The molecule has 22 heavy (non-hydrogen) atoms. The Morgan fingerprint density at radius 1 is 1.14 bits per heavy atom. The monoisotopic (exact) mass is 313 g/mol. The number of benzene rings is 1. The first-order valence-electron chi connectivity index (χ1n) is 7.09. The van der Waals surface area contributed by atoms with E-state index in [-0.39, 0.29) is 17.3 Å². The standard InChI is InChI=1S/C15H15F4N3/c16-13-4-2-1-3-11(13)14-12(15(17,18)19)9-21-22(14)10-5-7-20-8-6-10/h1-4,9-10,20H,5-8H2. The summed E-state index contributed by atoms with van der Waals surface area (Å²) in [5.41, 5.74) is -1.14. The summed E-state index contributed by atoms with van der Waals surface area (Å²) in [6, 6.07) is 5.34. The molecule has 2 heterocycles. The lowest BCUT2D eigenvalue weighted by Gasteiger charge is -2.25. The van der Waals surface area contributed by atoms with Gasteiger partial charge in [0.05, 0.1) is 17.9 Å². The van der Waals surface area contributed by atoms with Gasteiger partial charge in [-0.15, -0.1) is 0 Å². The molecule has 0 amide bonds. The molecule has 1 aromatic heterocycles. The molecule has 2 aromatic rings. The zero-order valence-corrected chi connectivity index (χ0v) is 11.7. The van der Waals surface area contributed by atoms with E-state index in [1.807, 2.05) is 0 Å². The Kier molecular flexibility index (Phi) is 3.90. The molecule has 0 bridgehead atoms. The van der Waals surface area contributed by atoms with Crippen molar-refractivity contribution in [1.82, 2.24) is 15.1 Å². The Labute approximate surface area is 124 Å². The van der Waals surface area contributed by atoms with E-state index in [9.17, 15) is 17.6 Å². The van der Waals surface area contributed by atoms with Gasteiger partial charge >= 0.3 is 6.18 Å². The quantitative estimate of drug-likeness (QED) is 0.858. The number of aromatic nitrogens is 2. The van der Waals surface area contributed by atoms with Crippen molar-refractivity contribution in [2.24, 2.45) is 0 Å². The normalized spacial score (nSPS) is 16.9. The molecule has 1 saturated heterocycles. The Morgan fingerprint density at radius 3 is 2.45 bits per heavy atom. The summed E-state index contributed by atoms with van der Waals surface area (Å²) in [5, 5.41) is 7.08. The number of halogens is 4. The van der Waals surface area contributed by atoms with Gasteiger partial charge in [0.25, 0.3) is 0 Å². The number of nitrogens with one attached hydrogen (secondary N) is 1. The van der Waals surface area contributed by atoms with Crippen LogP contribution in [0.4, 0.5) is 17.6 Å². The second-order valence-corrected chi connectivity index (χ2v) is 5.31. The maximum atomic E-state index is 14.0. The Hall–Kier alpha value is -1.89. The average molecular weight is 313 g/mol. The van der Waals surface area contributed by atoms with E-state index in [4.69, 9.17) is 0 Å². The van der Waals surface area contributed by atoms with E-state index >= 15 is 0 Å². The van der Waals surface area contributed by atoms with Gasteiger partial charge in [0.2, 0.25) is 0 Å². The van der Waals surface area contributed by atoms with Gasteiger partial charge in [0.1, 0.15) is 11.4 Å². The smallest absolute Gasteiger partial charge is 0.317 e. The van der Waals surface area contributed by atoms with Crippen molar-refractivity contribution < 1.29 is 17.6 Å². The van der Waals surface area contributed by atoms with Gasteiger partial charge in [-0.05, 0) is 38.1 Å². The van der Waals surface area contributed by atoms with Crippen LogP contribution in [0, 0.1) is 5.82 Å². The van der Waals surface area contributed by atoms with Crippen LogP contribution in [0.3, 0.4) is 0 Å². The van der Waals surface area contributed by atoms with Crippen molar-refractivity contribution in [3.63, 3.8) is 0 Å². The second kappa shape index (κ2) is 5.72. The molecule has 7 heteroatoms. The van der Waals surface area contributed by atoms with Crippen molar-refractivity contribution in [2.45, 2.75) is 25.1 Å². The maximum Gasteiger partial charge on any atom is 0.420 e. The third-order valence-electron chi connectivity index (χ3n) is 3.88. The van der Waals surface area contributed by atoms with E-state index in [2.05, 4.69) is 10.4 Å². The van der Waals surface area contributed by atoms with Crippen LogP contribution in [0.25, 0.3) is 11.3 Å². The molecule has 1 aromatic carbocycles. The highest BCUT2D eigenvalue weighted by molar-refractivity contribution is 5.65. The van der Waals surface area contributed by atoms with Gasteiger partial charge in [-0.25, -0.2) is 4.39 Å². The fourth-order valence-corrected chi connectivity index (χ4v) is 2.82. The fraction of sp³-hybridized carbons (Fsp3) is 0.400. The van der Waals surface area contributed by atoms with Gasteiger partial charge in [0, 0.05) is 5.56 Å². The minimum absolute atomic E-state index is 0.0640. The largest absolute Gasteiger partial charge is 0.420 e. The SMILES string of the molecule is Fc1ccccc1-c1c(C(F)(F)F)cnn1C1CCNCC1. The molecule has 0 saturated carbocycles. The summed E-state index contributed by atoms with van der Waals surface area (Å²) in [4.78, 5) is 0. The predicted molar refractivity (Wildman–Crippen MR) is 73.8 cm³/mol. The molecule has 0 aliphatic carbocycles.